The van der Waals surface area contributed by atoms with Gasteiger partial charge in [0.1, 0.15) is 12.4 Å². The second kappa shape index (κ2) is 6.46. The van der Waals surface area contributed by atoms with Crippen molar-refractivity contribution in [1.29, 1.82) is 0 Å². The van der Waals surface area contributed by atoms with Crippen LogP contribution in [0.2, 0.25) is 0 Å². The van der Waals surface area contributed by atoms with Crippen LogP contribution < -0.4 is 10.1 Å². The molecule has 15 heavy (non-hydrogen) atoms. The Morgan fingerprint density at radius 2 is 1.87 bits per heavy atom. The molecule has 0 aromatic heterocycles. The monoisotopic (exact) mass is 207 g/mol. The van der Waals surface area contributed by atoms with Gasteiger partial charge in [-0.1, -0.05) is 31.5 Å². The molecular formula is C13H21NO. The Kier molecular flexibility index (Phi) is 5.19. The molecule has 1 rings (SSSR count). The summed E-state index contributed by atoms with van der Waals surface area (Å²) in [7, 11) is 0. The molecule has 1 aromatic carbocycles. The van der Waals surface area contributed by atoms with Crippen molar-refractivity contribution in [2.45, 2.75) is 33.2 Å². The summed E-state index contributed by atoms with van der Waals surface area (Å²) in [6.07, 6.45) is 1.10. The first-order valence-electron chi connectivity index (χ1n) is 5.69. The molecular weight excluding hydrogens is 186 g/mol. The Morgan fingerprint density at radius 3 is 2.40 bits per heavy atom. The highest BCUT2D eigenvalue weighted by Crippen LogP contribution is 2.11. The number of ether oxygens (including phenoxy) is 1. The topological polar surface area (TPSA) is 21.3 Å². The van der Waals surface area contributed by atoms with Crippen LogP contribution in [-0.2, 0) is 0 Å². The molecule has 0 saturated heterocycles. The van der Waals surface area contributed by atoms with Crippen molar-refractivity contribution >= 4 is 0 Å². The zero-order valence-electron chi connectivity index (χ0n) is 9.92. The highest BCUT2D eigenvalue weighted by Gasteiger charge is 2.04. The van der Waals surface area contributed by atoms with E-state index in [2.05, 4.69) is 38.2 Å². The third-order valence-electron chi connectivity index (χ3n) is 2.46. The number of aryl methyl sites for hydroxylation is 1. The smallest absolute Gasteiger partial charge is 0.119 e. The van der Waals surface area contributed by atoms with Gasteiger partial charge in [0, 0.05) is 6.04 Å². The Balaban J connectivity index is 2.38. The minimum Gasteiger partial charge on any atom is -0.492 e. The van der Waals surface area contributed by atoms with Gasteiger partial charge in [-0.25, -0.2) is 0 Å². The zero-order valence-corrected chi connectivity index (χ0v) is 9.92. The van der Waals surface area contributed by atoms with Crippen LogP contribution >= 0.6 is 0 Å². The van der Waals surface area contributed by atoms with E-state index >= 15 is 0 Å². The third kappa shape index (κ3) is 4.34. The SMILES string of the molecule is CCNC(CC)COc1ccc(C)cc1. The van der Waals surface area contributed by atoms with Crippen molar-refractivity contribution in [3.63, 3.8) is 0 Å². The number of likely N-dealkylation sites (N-methyl/N-ethyl adjacent to an activating group) is 1. The lowest BCUT2D eigenvalue weighted by atomic mass is 10.2. The van der Waals surface area contributed by atoms with Crippen LogP contribution in [0.15, 0.2) is 24.3 Å². The first-order chi connectivity index (χ1) is 7.26. The van der Waals surface area contributed by atoms with Crippen LogP contribution in [0.5, 0.6) is 5.75 Å². The zero-order chi connectivity index (χ0) is 11.1. The lowest BCUT2D eigenvalue weighted by molar-refractivity contribution is 0.262. The molecule has 1 aromatic rings. The van der Waals surface area contributed by atoms with Crippen LogP contribution in [0.3, 0.4) is 0 Å². The maximum Gasteiger partial charge on any atom is 0.119 e. The third-order valence-corrected chi connectivity index (χ3v) is 2.46. The maximum atomic E-state index is 5.70. The van der Waals surface area contributed by atoms with Gasteiger partial charge < -0.3 is 10.1 Å². The molecule has 1 unspecified atom stereocenters. The van der Waals surface area contributed by atoms with Crippen molar-refractivity contribution in [2.24, 2.45) is 0 Å². The molecule has 1 atom stereocenters. The standard InChI is InChI=1S/C13H21NO/c1-4-12(14-5-2)10-15-13-8-6-11(3)7-9-13/h6-9,12,14H,4-5,10H2,1-3H3. The number of hydrogen-bond acceptors (Lipinski definition) is 2. The first-order valence-corrected chi connectivity index (χ1v) is 5.69. The summed E-state index contributed by atoms with van der Waals surface area (Å²) >= 11 is 0. The van der Waals surface area contributed by atoms with Gasteiger partial charge in [0.25, 0.3) is 0 Å². The lowest BCUT2D eigenvalue weighted by Crippen LogP contribution is -2.33. The normalized spacial score (nSPS) is 12.5. The summed E-state index contributed by atoms with van der Waals surface area (Å²) in [6, 6.07) is 8.64. The fraction of sp³-hybridized carbons (Fsp3) is 0.538. The predicted octanol–water partition coefficient (Wildman–Crippen LogP) is 2.76. The molecule has 0 radical (unpaired) electrons. The fourth-order valence-corrected chi connectivity index (χ4v) is 1.44. The van der Waals surface area contributed by atoms with Crippen molar-refractivity contribution in [2.75, 3.05) is 13.2 Å². The van der Waals surface area contributed by atoms with Crippen molar-refractivity contribution in [3.8, 4) is 5.75 Å². The molecule has 1 N–H and O–H groups in total. The van der Waals surface area contributed by atoms with E-state index in [9.17, 15) is 0 Å². The van der Waals surface area contributed by atoms with Crippen LogP contribution in [0.1, 0.15) is 25.8 Å². The highest BCUT2D eigenvalue weighted by atomic mass is 16.5. The summed E-state index contributed by atoms with van der Waals surface area (Å²) in [6.45, 7) is 8.11. The Labute approximate surface area is 92.6 Å². The molecule has 0 saturated carbocycles. The molecule has 0 heterocycles. The Bertz CT molecular complexity index is 268. The Morgan fingerprint density at radius 1 is 1.20 bits per heavy atom. The lowest BCUT2D eigenvalue weighted by Gasteiger charge is -2.16. The van der Waals surface area contributed by atoms with Gasteiger partial charge >= 0.3 is 0 Å². The minimum atomic E-state index is 0.455. The summed E-state index contributed by atoms with van der Waals surface area (Å²) in [5, 5.41) is 3.39. The molecule has 0 amide bonds. The van der Waals surface area contributed by atoms with E-state index in [-0.39, 0.29) is 0 Å². The number of benzene rings is 1. The van der Waals surface area contributed by atoms with E-state index < -0.39 is 0 Å². The molecule has 0 fully saturated rings. The van der Waals surface area contributed by atoms with Gasteiger partial charge in [-0.15, -0.1) is 0 Å². The van der Waals surface area contributed by atoms with Crippen molar-refractivity contribution < 1.29 is 4.74 Å². The molecule has 84 valence electrons. The van der Waals surface area contributed by atoms with Crippen LogP contribution in [0.25, 0.3) is 0 Å². The number of hydrogen-bond donors (Lipinski definition) is 1. The fourth-order valence-electron chi connectivity index (χ4n) is 1.44. The quantitative estimate of drug-likeness (QED) is 0.774. The molecule has 2 heteroatoms. The van der Waals surface area contributed by atoms with E-state index in [1.807, 2.05) is 12.1 Å². The van der Waals surface area contributed by atoms with E-state index in [1.165, 1.54) is 5.56 Å². The summed E-state index contributed by atoms with van der Waals surface area (Å²) in [5.41, 5.74) is 1.26. The largest absolute Gasteiger partial charge is 0.492 e. The molecule has 0 bridgehead atoms. The molecule has 2 nitrogen and oxygen atoms in total. The molecule has 0 spiro atoms. The van der Waals surface area contributed by atoms with Gasteiger partial charge in [-0.05, 0) is 32.0 Å². The van der Waals surface area contributed by atoms with Gasteiger partial charge in [0.05, 0.1) is 0 Å². The minimum absolute atomic E-state index is 0.455. The van der Waals surface area contributed by atoms with Crippen LogP contribution in [0, 0.1) is 6.92 Å². The van der Waals surface area contributed by atoms with E-state index in [1.54, 1.807) is 0 Å². The van der Waals surface area contributed by atoms with Gasteiger partial charge in [0.15, 0.2) is 0 Å². The van der Waals surface area contributed by atoms with E-state index in [0.717, 1.165) is 25.3 Å². The van der Waals surface area contributed by atoms with Crippen LogP contribution in [0.4, 0.5) is 0 Å². The average Bonchev–Trinajstić information content (AvgIpc) is 2.26. The van der Waals surface area contributed by atoms with Crippen molar-refractivity contribution in [1.82, 2.24) is 5.32 Å². The second-order valence-corrected chi connectivity index (χ2v) is 3.79. The van der Waals surface area contributed by atoms with Gasteiger partial charge in [0.2, 0.25) is 0 Å². The van der Waals surface area contributed by atoms with E-state index in [4.69, 9.17) is 4.74 Å². The summed E-state index contributed by atoms with van der Waals surface area (Å²) in [4.78, 5) is 0. The average molecular weight is 207 g/mol. The predicted molar refractivity (Wildman–Crippen MR) is 64.4 cm³/mol. The van der Waals surface area contributed by atoms with Crippen LogP contribution in [-0.4, -0.2) is 19.2 Å². The Hall–Kier alpha value is -1.02. The summed E-state index contributed by atoms with van der Waals surface area (Å²) in [5.74, 6) is 0.956. The maximum absolute atomic E-state index is 5.70. The number of rotatable bonds is 6. The number of nitrogens with one attached hydrogen (secondary N) is 1. The summed E-state index contributed by atoms with van der Waals surface area (Å²) < 4.78 is 5.70. The second-order valence-electron chi connectivity index (χ2n) is 3.79. The van der Waals surface area contributed by atoms with Gasteiger partial charge in [-0.2, -0.15) is 0 Å². The molecule has 0 aliphatic carbocycles. The first kappa shape index (κ1) is 12.1. The van der Waals surface area contributed by atoms with Gasteiger partial charge in [-0.3, -0.25) is 0 Å². The van der Waals surface area contributed by atoms with E-state index in [0.29, 0.717) is 6.04 Å². The highest BCUT2D eigenvalue weighted by molar-refractivity contribution is 5.26. The molecule has 0 aliphatic rings. The van der Waals surface area contributed by atoms with Crippen molar-refractivity contribution in [3.05, 3.63) is 29.8 Å². The molecule has 0 aliphatic heterocycles.